The number of phenols is 2. The van der Waals surface area contributed by atoms with Gasteiger partial charge in [0, 0.05) is 19.4 Å². The van der Waals surface area contributed by atoms with E-state index < -0.39 is 41.4 Å². The molecule has 0 aromatic heterocycles. The summed E-state index contributed by atoms with van der Waals surface area (Å²) in [6.45, 7) is 3.28. The van der Waals surface area contributed by atoms with Crippen LogP contribution in [0.3, 0.4) is 0 Å². The molecule has 0 unspecified atom stereocenters. The molecule has 0 saturated carbocycles. The number of hydrogen-bond donors (Lipinski definition) is 8. The van der Waals surface area contributed by atoms with Crippen LogP contribution >= 0.6 is 0 Å². The highest BCUT2D eigenvalue weighted by Gasteiger charge is 2.30. The Hall–Kier alpha value is -3.67. The standard InChI is InChI=1S/C27H37N5O6/c1-27(2,38)14-30-25(36)21-13-18-11-16(6-8-23(18)34)15-5-7-22(33)17(10-15)12-19(29)24(35)31-20(4-3-9-28)26(37)32-21/h5-8,10-11,19-21,33-34,38H,3-4,9,12-14,28-29H2,1-2H3,(H,30,36)(H,31,35)(H,32,37)/t19-,20-,21-/m0/s1. The summed E-state index contributed by atoms with van der Waals surface area (Å²) in [6, 6.07) is 6.57. The van der Waals surface area contributed by atoms with Crippen molar-refractivity contribution in [2.75, 3.05) is 13.1 Å². The van der Waals surface area contributed by atoms with Crippen LogP contribution in [0.2, 0.25) is 0 Å². The largest absolute Gasteiger partial charge is 0.508 e. The minimum absolute atomic E-state index is 0.0175. The Morgan fingerprint density at radius 3 is 2.13 bits per heavy atom. The molecule has 1 aliphatic heterocycles. The zero-order chi connectivity index (χ0) is 28.0. The Morgan fingerprint density at radius 1 is 1.00 bits per heavy atom. The maximum atomic E-state index is 13.3. The molecule has 10 N–H and O–H groups in total. The maximum Gasteiger partial charge on any atom is 0.243 e. The van der Waals surface area contributed by atoms with Gasteiger partial charge >= 0.3 is 0 Å². The normalized spacial score (nSPS) is 20.5. The number of fused-ring (bicyclic) bond motifs is 5. The molecule has 38 heavy (non-hydrogen) atoms. The molecule has 0 fully saturated rings. The molecule has 1 heterocycles. The summed E-state index contributed by atoms with van der Waals surface area (Å²) in [6.07, 6.45) is 0.587. The Bertz CT molecular complexity index is 1180. The van der Waals surface area contributed by atoms with E-state index in [0.29, 0.717) is 28.7 Å². The smallest absolute Gasteiger partial charge is 0.243 e. The van der Waals surface area contributed by atoms with Crippen molar-refractivity contribution in [3.63, 3.8) is 0 Å². The van der Waals surface area contributed by atoms with E-state index in [1.165, 1.54) is 26.0 Å². The first-order chi connectivity index (χ1) is 17.9. The van der Waals surface area contributed by atoms with Crippen LogP contribution in [0.1, 0.15) is 37.8 Å². The summed E-state index contributed by atoms with van der Waals surface area (Å²) in [5.41, 5.74) is 12.8. The molecular formula is C27H37N5O6. The summed E-state index contributed by atoms with van der Waals surface area (Å²) in [5, 5.41) is 39.0. The van der Waals surface area contributed by atoms with Crippen LogP contribution in [0.5, 0.6) is 11.5 Å². The third-order valence-corrected chi connectivity index (χ3v) is 6.35. The molecule has 1 aliphatic rings. The fraction of sp³-hybridized carbons (Fsp3) is 0.444. The summed E-state index contributed by atoms with van der Waals surface area (Å²) >= 11 is 0. The number of aromatic hydroxyl groups is 2. The van der Waals surface area contributed by atoms with Crippen LogP contribution in [0.15, 0.2) is 36.4 Å². The first kappa shape index (κ1) is 28.9. The molecule has 3 atom stereocenters. The van der Waals surface area contributed by atoms with Gasteiger partial charge in [0.25, 0.3) is 0 Å². The van der Waals surface area contributed by atoms with E-state index in [2.05, 4.69) is 16.0 Å². The summed E-state index contributed by atoms with van der Waals surface area (Å²) in [5.74, 6) is -1.87. The first-order valence-electron chi connectivity index (χ1n) is 12.6. The number of nitrogens with one attached hydrogen (secondary N) is 3. The molecule has 3 rings (SSSR count). The highest BCUT2D eigenvalue weighted by Crippen LogP contribution is 2.30. The number of carbonyl (C=O) groups excluding carboxylic acids is 3. The van der Waals surface area contributed by atoms with Crippen LogP contribution in [-0.2, 0) is 27.2 Å². The number of aliphatic hydroxyl groups is 1. The van der Waals surface area contributed by atoms with Gasteiger partial charge in [-0.3, -0.25) is 14.4 Å². The quantitative estimate of drug-likeness (QED) is 0.252. The van der Waals surface area contributed by atoms with Crippen LogP contribution in [-0.4, -0.2) is 69.9 Å². The van der Waals surface area contributed by atoms with Crippen molar-refractivity contribution in [1.82, 2.24) is 16.0 Å². The monoisotopic (exact) mass is 527 g/mol. The van der Waals surface area contributed by atoms with Crippen molar-refractivity contribution < 1.29 is 29.7 Å². The first-order valence-corrected chi connectivity index (χ1v) is 12.6. The van der Waals surface area contributed by atoms with Crippen molar-refractivity contribution in [3.8, 4) is 22.6 Å². The van der Waals surface area contributed by atoms with E-state index in [1.807, 2.05) is 0 Å². The van der Waals surface area contributed by atoms with Gasteiger partial charge in [0.2, 0.25) is 17.7 Å². The van der Waals surface area contributed by atoms with E-state index in [1.54, 1.807) is 24.3 Å². The summed E-state index contributed by atoms with van der Waals surface area (Å²) in [7, 11) is 0. The fourth-order valence-corrected chi connectivity index (χ4v) is 4.18. The lowest BCUT2D eigenvalue weighted by Crippen LogP contribution is -2.57. The molecule has 4 bridgehead atoms. The van der Waals surface area contributed by atoms with Gasteiger partial charge in [0.05, 0.1) is 11.6 Å². The van der Waals surface area contributed by atoms with Gasteiger partial charge in [-0.25, -0.2) is 0 Å². The third kappa shape index (κ3) is 7.67. The topological polar surface area (TPSA) is 200 Å². The Labute approximate surface area is 221 Å². The second-order valence-electron chi connectivity index (χ2n) is 10.3. The Morgan fingerprint density at radius 2 is 1.58 bits per heavy atom. The van der Waals surface area contributed by atoms with Crippen LogP contribution < -0.4 is 27.4 Å². The van der Waals surface area contributed by atoms with Crippen molar-refractivity contribution >= 4 is 17.7 Å². The van der Waals surface area contributed by atoms with E-state index in [9.17, 15) is 29.7 Å². The van der Waals surface area contributed by atoms with Crippen LogP contribution in [0.25, 0.3) is 11.1 Å². The molecule has 0 aliphatic carbocycles. The summed E-state index contributed by atoms with van der Waals surface area (Å²) in [4.78, 5) is 39.4. The van der Waals surface area contributed by atoms with Crippen LogP contribution in [0, 0.1) is 0 Å². The van der Waals surface area contributed by atoms with Gasteiger partial charge in [-0.1, -0.05) is 12.1 Å². The molecule has 11 heteroatoms. The molecule has 0 radical (unpaired) electrons. The average Bonchev–Trinajstić information content (AvgIpc) is 2.86. The Balaban J connectivity index is 2.07. The van der Waals surface area contributed by atoms with E-state index in [0.717, 1.165) is 0 Å². The van der Waals surface area contributed by atoms with Gasteiger partial charge in [-0.05, 0) is 79.8 Å². The predicted octanol–water partition coefficient (Wildman–Crippen LogP) is -0.214. The fourth-order valence-electron chi connectivity index (χ4n) is 4.18. The zero-order valence-electron chi connectivity index (χ0n) is 21.7. The van der Waals surface area contributed by atoms with E-state index in [4.69, 9.17) is 11.5 Å². The minimum Gasteiger partial charge on any atom is -0.508 e. The summed E-state index contributed by atoms with van der Waals surface area (Å²) < 4.78 is 0. The van der Waals surface area contributed by atoms with Crippen molar-refractivity contribution in [2.24, 2.45) is 11.5 Å². The number of nitrogens with two attached hydrogens (primary N) is 2. The SMILES string of the molecule is CC(C)(O)CNC(=O)[C@@H]1Cc2cc(ccc2O)-c2ccc(O)c(c2)C[C@H](N)C(=O)N[C@@H](CCCN)C(=O)N1. The second kappa shape index (κ2) is 12.2. The maximum absolute atomic E-state index is 13.3. The number of rotatable bonds is 6. The second-order valence-corrected chi connectivity index (χ2v) is 10.3. The lowest BCUT2D eigenvalue weighted by atomic mass is 9.95. The Kier molecular flexibility index (Phi) is 9.31. The van der Waals surface area contributed by atoms with E-state index in [-0.39, 0.29) is 43.9 Å². The lowest BCUT2D eigenvalue weighted by Gasteiger charge is -2.25. The average molecular weight is 528 g/mol. The highest BCUT2D eigenvalue weighted by atomic mass is 16.3. The minimum atomic E-state index is -1.19. The number of carbonyl (C=O) groups is 3. The highest BCUT2D eigenvalue weighted by molar-refractivity contribution is 5.93. The van der Waals surface area contributed by atoms with Gasteiger partial charge in [0.15, 0.2) is 0 Å². The number of benzene rings is 2. The van der Waals surface area contributed by atoms with Crippen molar-refractivity contribution in [3.05, 3.63) is 47.5 Å². The third-order valence-electron chi connectivity index (χ3n) is 6.35. The van der Waals surface area contributed by atoms with Crippen molar-refractivity contribution in [2.45, 2.75) is 63.3 Å². The molecule has 0 spiro atoms. The molecule has 2 aromatic rings. The van der Waals surface area contributed by atoms with Gasteiger partial charge in [-0.2, -0.15) is 0 Å². The van der Waals surface area contributed by atoms with E-state index >= 15 is 0 Å². The molecule has 3 amide bonds. The van der Waals surface area contributed by atoms with Crippen molar-refractivity contribution in [1.29, 1.82) is 0 Å². The molecule has 11 nitrogen and oxygen atoms in total. The lowest BCUT2D eigenvalue weighted by molar-refractivity contribution is -0.132. The van der Waals surface area contributed by atoms with Crippen LogP contribution in [0.4, 0.5) is 0 Å². The molecule has 0 saturated heterocycles. The molecular weight excluding hydrogens is 490 g/mol. The van der Waals surface area contributed by atoms with Gasteiger partial charge in [0.1, 0.15) is 23.6 Å². The number of phenolic OH excluding ortho intramolecular Hbond substituents is 2. The zero-order valence-corrected chi connectivity index (χ0v) is 21.7. The molecule has 2 aromatic carbocycles. The number of hydrogen-bond acceptors (Lipinski definition) is 8. The molecule has 206 valence electrons. The van der Waals surface area contributed by atoms with Gasteiger partial charge < -0.3 is 42.7 Å². The predicted molar refractivity (Wildman–Crippen MR) is 142 cm³/mol. The number of amides is 3. The van der Waals surface area contributed by atoms with Gasteiger partial charge in [-0.15, -0.1) is 0 Å².